The molecule has 4 rings (SSSR count). The van der Waals surface area contributed by atoms with Gasteiger partial charge in [-0.2, -0.15) is 5.10 Å². The van der Waals surface area contributed by atoms with Gasteiger partial charge in [0, 0.05) is 29.9 Å². The lowest BCUT2D eigenvalue weighted by molar-refractivity contribution is 0.358. The van der Waals surface area contributed by atoms with Crippen molar-refractivity contribution in [3.05, 3.63) is 41.9 Å². The molecule has 0 fully saturated rings. The number of nitrogens with two attached hydrogens (primary N) is 1. The molecule has 118 valence electrons. The molecule has 8 heteroatoms. The Bertz CT molecular complexity index is 1040. The predicted molar refractivity (Wildman–Crippen MR) is 83.7 cm³/mol. The van der Waals surface area contributed by atoms with Gasteiger partial charge in [-0.05, 0) is 12.5 Å². The topological polar surface area (TPSA) is 99.6 Å². The van der Waals surface area contributed by atoms with E-state index in [1.807, 2.05) is 18.2 Å². The molecule has 2 N–H and O–H groups in total. The summed E-state index contributed by atoms with van der Waals surface area (Å²) in [5.74, 6) is 0.851. The SMILES string of the molecule is Cc1nn2cc(-c3cccc4c3OCC4)cnc2c1S(N)(=O)=O. The van der Waals surface area contributed by atoms with Crippen LogP contribution in [0.15, 0.2) is 35.5 Å². The Labute approximate surface area is 132 Å². The number of hydrogen-bond donors (Lipinski definition) is 1. The number of aromatic nitrogens is 3. The molecule has 3 heterocycles. The summed E-state index contributed by atoms with van der Waals surface area (Å²) < 4.78 is 30.6. The van der Waals surface area contributed by atoms with E-state index in [-0.39, 0.29) is 10.5 Å². The zero-order valence-electron chi connectivity index (χ0n) is 12.4. The van der Waals surface area contributed by atoms with E-state index in [1.54, 1.807) is 19.3 Å². The molecule has 2 aromatic heterocycles. The number of fused-ring (bicyclic) bond motifs is 2. The summed E-state index contributed by atoms with van der Waals surface area (Å²) >= 11 is 0. The third-order valence-electron chi connectivity index (χ3n) is 3.90. The Morgan fingerprint density at radius 3 is 2.96 bits per heavy atom. The summed E-state index contributed by atoms with van der Waals surface area (Å²) in [4.78, 5) is 4.21. The summed E-state index contributed by atoms with van der Waals surface area (Å²) in [5.41, 5.74) is 3.43. The van der Waals surface area contributed by atoms with Crippen molar-refractivity contribution in [1.82, 2.24) is 14.6 Å². The molecule has 0 saturated carbocycles. The fourth-order valence-corrected chi connectivity index (χ4v) is 3.79. The summed E-state index contributed by atoms with van der Waals surface area (Å²) in [5, 5.41) is 9.46. The van der Waals surface area contributed by atoms with Crippen LogP contribution in [0.4, 0.5) is 0 Å². The number of aryl methyl sites for hydroxylation is 1. The third kappa shape index (κ3) is 2.18. The lowest BCUT2D eigenvalue weighted by Gasteiger charge is -2.08. The van der Waals surface area contributed by atoms with Crippen molar-refractivity contribution in [2.24, 2.45) is 5.14 Å². The highest BCUT2D eigenvalue weighted by Gasteiger charge is 2.22. The van der Waals surface area contributed by atoms with Gasteiger partial charge in [0.05, 0.1) is 12.3 Å². The smallest absolute Gasteiger partial charge is 0.243 e. The van der Waals surface area contributed by atoms with Crippen LogP contribution in [0.1, 0.15) is 11.3 Å². The van der Waals surface area contributed by atoms with E-state index in [0.29, 0.717) is 12.3 Å². The molecular weight excluding hydrogens is 316 g/mol. The number of benzene rings is 1. The van der Waals surface area contributed by atoms with Crippen LogP contribution < -0.4 is 9.88 Å². The second kappa shape index (κ2) is 4.77. The maximum atomic E-state index is 11.7. The molecule has 0 spiro atoms. The van der Waals surface area contributed by atoms with Crippen molar-refractivity contribution < 1.29 is 13.2 Å². The predicted octanol–water partition coefficient (Wildman–Crippen LogP) is 1.29. The highest BCUT2D eigenvalue weighted by molar-refractivity contribution is 7.89. The molecule has 3 aromatic rings. The molecule has 0 radical (unpaired) electrons. The molecule has 0 unspecified atom stereocenters. The van der Waals surface area contributed by atoms with Gasteiger partial charge >= 0.3 is 0 Å². The monoisotopic (exact) mass is 330 g/mol. The molecule has 7 nitrogen and oxygen atoms in total. The average molecular weight is 330 g/mol. The largest absolute Gasteiger partial charge is 0.492 e. The summed E-state index contributed by atoms with van der Waals surface area (Å²) in [6.07, 6.45) is 4.24. The quantitative estimate of drug-likeness (QED) is 0.763. The van der Waals surface area contributed by atoms with Gasteiger partial charge in [0.1, 0.15) is 10.6 Å². The summed E-state index contributed by atoms with van der Waals surface area (Å²) in [6, 6.07) is 5.95. The summed E-state index contributed by atoms with van der Waals surface area (Å²) in [7, 11) is -3.87. The van der Waals surface area contributed by atoms with Crippen molar-refractivity contribution in [2.45, 2.75) is 18.2 Å². The third-order valence-corrected chi connectivity index (χ3v) is 4.95. The molecule has 1 aromatic carbocycles. The number of ether oxygens (including phenoxy) is 1. The Balaban J connectivity index is 1.94. The lowest BCUT2D eigenvalue weighted by Crippen LogP contribution is -2.13. The van der Waals surface area contributed by atoms with Gasteiger partial charge in [0.25, 0.3) is 0 Å². The first-order valence-electron chi connectivity index (χ1n) is 7.08. The highest BCUT2D eigenvalue weighted by atomic mass is 32.2. The van der Waals surface area contributed by atoms with Crippen molar-refractivity contribution in [2.75, 3.05) is 6.61 Å². The normalized spacial score (nSPS) is 14.0. The van der Waals surface area contributed by atoms with Gasteiger partial charge in [-0.25, -0.2) is 23.1 Å². The minimum Gasteiger partial charge on any atom is -0.492 e. The van der Waals surface area contributed by atoms with Crippen LogP contribution in [-0.2, 0) is 16.4 Å². The number of hydrogen-bond acceptors (Lipinski definition) is 5. The number of primary sulfonamides is 1. The first kappa shape index (κ1) is 14.2. The van der Waals surface area contributed by atoms with Crippen LogP contribution >= 0.6 is 0 Å². The molecule has 0 aliphatic carbocycles. The van der Waals surface area contributed by atoms with Gasteiger partial charge < -0.3 is 4.74 Å². The fourth-order valence-electron chi connectivity index (χ4n) is 2.94. The Morgan fingerprint density at radius 2 is 2.17 bits per heavy atom. The first-order valence-corrected chi connectivity index (χ1v) is 8.62. The number of nitrogens with zero attached hydrogens (tertiary/aromatic N) is 3. The van der Waals surface area contributed by atoms with Crippen LogP contribution in [0.2, 0.25) is 0 Å². The van der Waals surface area contributed by atoms with E-state index in [2.05, 4.69) is 10.1 Å². The number of para-hydroxylation sites is 1. The molecular formula is C15H14N4O3S. The second-order valence-corrected chi connectivity index (χ2v) is 6.96. The number of sulfonamides is 1. The maximum Gasteiger partial charge on any atom is 0.243 e. The van der Waals surface area contributed by atoms with E-state index in [9.17, 15) is 8.42 Å². The standard InChI is InChI=1S/C15H14N4O3S/c1-9-14(23(16,20)21)15-17-7-11(8-19(15)18-9)12-4-2-3-10-5-6-22-13(10)12/h2-4,7-8H,5-6H2,1H3,(H2,16,20,21). The van der Waals surface area contributed by atoms with Crippen molar-refractivity contribution in [3.63, 3.8) is 0 Å². The Kier molecular flexibility index (Phi) is 2.94. The van der Waals surface area contributed by atoms with Crippen LogP contribution in [0.3, 0.4) is 0 Å². The van der Waals surface area contributed by atoms with E-state index < -0.39 is 10.0 Å². The van der Waals surface area contributed by atoms with E-state index >= 15 is 0 Å². The molecule has 1 aliphatic rings. The molecule has 1 aliphatic heterocycles. The van der Waals surface area contributed by atoms with E-state index in [0.717, 1.165) is 28.9 Å². The Hall–Kier alpha value is -2.45. The van der Waals surface area contributed by atoms with Gasteiger partial charge in [-0.15, -0.1) is 0 Å². The van der Waals surface area contributed by atoms with Crippen molar-refractivity contribution >= 4 is 15.7 Å². The first-order chi connectivity index (χ1) is 10.9. The molecule has 0 atom stereocenters. The van der Waals surface area contributed by atoms with E-state index in [1.165, 1.54) is 4.52 Å². The lowest BCUT2D eigenvalue weighted by atomic mass is 10.0. The van der Waals surface area contributed by atoms with Crippen LogP contribution in [0.25, 0.3) is 16.8 Å². The van der Waals surface area contributed by atoms with Crippen LogP contribution in [-0.4, -0.2) is 29.6 Å². The van der Waals surface area contributed by atoms with Gasteiger partial charge in [0.2, 0.25) is 10.0 Å². The van der Waals surface area contributed by atoms with Crippen molar-refractivity contribution in [1.29, 1.82) is 0 Å². The average Bonchev–Trinajstić information content (AvgIpc) is 3.07. The summed E-state index contributed by atoms with van der Waals surface area (Å²) in [6.45, 7) is 2.26. The zero-order chi connectivity index (χ0) is 16.2. The fraction of sp³-hybridized carbons (Fsp3) is 0.200. The van der Waals surface area contributed by atoms with Gasteiger partial charge in [-0.3, -0.25) is 0 Å². The van der Waals surface area contributed by atoms with Crippen LogP contribution in [0, 0.1) is 6.92 Å². The minimum absolute atomic E-state index is 0.0430. The van der Waals surface area contributed by atoms with Crippen molar-refractivity contribution in [3.8, 4) is 16.9 Å². The highest BCUT2D eigenvalue weighted by Crippen LogP contribution is 2.36. The van der Waals surface area contributed by atoms with E-state index in [4.69, 9.17) is 9.88 Å². The van der Waals surface area contributed by atoms with Crippen LogP contribution in [0.5, 0.6) is 5.75 Å². The van der Waals surface area contributed by atoms with Gasteiger partial charge in [0.15, 0.2) is 5.65 Å². The zero-order valence-corrected chi connectivity index (χ0v) is 13.2. The molecule has 0 amide bonds. The molecule has 0 bridgehead atoms. The second-order valence-electron chi connectivity index (χ2n) is 5.46. The minimum atomic E-state index is -3.87. The Morgan fingerprint density at radius 1 is 1.35 bits per heavy atom. The number of rotatable bonds is 2. The van der Waals surface area contributed by atoms with Gasteiger partial charge in [-0.1, -0.05) is 18.2 Å². The molecule has 23 heavy (non-hydrogen) atoms. The molecule has 0 saturated heterocycles. The maximum absolute atomic E-state index is 11.7.